The summed E-state index contributed by atoms with van der Waals surface area (Å²) in [6.45, 7) is 8.29. The van der Waals surface area contributed by atoms with Crippen molar-refractivity contribution in [3.63, 3.8) is 0 Å². The van der Waals surface area contributed by atoms with Gasteiger partial charge in [0.1, 0.15) is 5.82 Å². The van der Waals surface area contributed by atoms with Gasteiger partial charge in [0.05, 0.1) is 0 Å². The second-order valence-corrected chi connectivity index (χ2v) is 3.31. The summed E-state index contributed by atoms with van der Waals surface area (Å²) in [7, 11) is 0. The van der Waals surface area contributed by atoms with E-state index in [1.165, 1.54) is 0 Å². The first-order valence-corrected chi connectivity index (χ1v) is 3.99. The monoisotopic (exact) mass is 154 g/mol. The van der Waals surface area contributed by atoms with Crippen molar-refractivity contribution in [2.24, 2.45) is 16.1 Å². The Kier molecular flexibility index (Phi) is 3.86. The van der Waals surface area contributed by atoms with Crippen molar-refractivity contribution >= 4 is 6.21 Å². The van der Waals surface area contributed by atoms with Gasteiger partial charge in [0.15, 0.2) is 0 Å². The van der Waals surface area contributed by atoms with Gasteiger partial charge in [-0.1, -0.05) is 20.8 Å². The summed E-state index contributed by atoms with van der Waals surface area (Å²) in [6.07, 6.45) is 4.78. The van der Waals surface area contributed by atoms with Gasteiger partial charge in [0.2, 0.25) is 0 Å². The summed E-state index contributed by atoms with van der Waals surface area (Å²) in [6, 6.07) is 0. The molecule has 0 fully saturated rings. The van der Waals surface area contributed by atoms with Crippen molar-refractivity contribution in [1.82, 2.24) is 0 Å². The van der Waals surface area contributed by atoms with Gasteiger partial charge in [-0.05, 0) is 24.8 Å². The zero-order valence-electron chi connectivity index (χ0n) is 7.89. The molecule has 0 aliphatic carbocycles. The van der Waals surface area contributed by atoms with Crippen molar-refractivity contribution in [1.29, 1.82) is 0 Å². The number of allylic oxidation sites excluding steroid dienone is 1. The van der Waals surface area contributed by atoms with Crippen LogP contribution in [0.15, 0.2) is 16.9 Å². The normalized spacial score (nSPS) is 14.4. The second kappa shape index (κ2) is 4.16. The minimum Gasteiger partial charge on any atom is -0.384 e. The summed E-state index contributed by atoms with van der Waals surface area (Å²) in [4.78, 5) is 4.10. The molecule has 0 bridgehead atoms. The van der Waals surface area contributed by atoms with Crippen LogP contribution in [0.2, 0.25) is 0 Å². The van der Waals surface area contributed by atoms with Crippen molar-refractivity contribution in [3.05, 3.63) is 11.9 Å². The lowest BCUT2D eigenvalue weighted by molar-refractivity contribution is 0.515. The lowest BCUT2D eigenvalue weighted by atomic mass is 9.92. The lowest BCUT2D eigenvalue weighted by Gasteiger charge is -2.15. The summed E-state index contributed by atoms with van der Waals surface area (Å²) < 4.78 is 0. The van der Waals surface area contributed by atoms with E-state index in [-0.39, 0.29) is 5.41 Å². The molecule has 2 N–H and O–H groups in total. The summed E-state index contributed by atoms with van der Waals surface area (Å²) in [5, 5.41) is 0. The minimum absolute atomic E-state index is 0.160. The van der Waals surface area contributed by atoms with Crippen LogP contribution in [0.1, 0.15) is 34.1 Å². The molecule has 0 saturated carbocycles. The third-order valence-corrected chi connectivity index (χ3v) is 1.77. The predicted octanol–water partition coefficient (Wildman–Crippen LogP) is 2.31. The van der Waals surface area contributed by atoms with E-state index in [0.717, 1.165) is 6.42 Å². The highest BCUT2D eigenvalue weighted by Gasteiger charge is 2.10. The zero-order valence-corrected chi connectivity index (χ0v) is 7.89. The number of nitrogens with zero attached hydrogens (tertiary/aromatic N) is 1. The molecule has 0 amide bonds. The minimum atomic E-state index is 0.160. The largest absolute Gasteiger partial charge is 0.384 e. The molecular weight excluding hydrogens is 136 g/mol. The zero-order chi connectivity index (χ0) is 8.91. The molecular formula is C9H18N2. The van der Waals surface area contributed by atoms with Gasteiger partial charge in [0.25, 0.3) is 0 Å². The fourth-order valence-corrected chi connectivity index (χ4v) is 0.415. The average Bonchev–Trinajstić information content (AvgIpc) is 2.00. The first kappa shape index (κ1) is 10.2. The van der Waals surface area contributed by atoms with Crippen LogP contribution in [0.25, 0.3) is 0 Å². The molecule has 0 spiro atoms. The maximum absolute atomic E-state index is 5.50. The van der Waals surface area contributed by atoms with Crippen LogP contribution in [-0.4, -0.2) is 6.21 Å². The smallest absolute Gasteiger partial charge is 0.118 e. The van der Waals surface area contributed by atoms with Crippen molar-refractivity contribution in [3.8, 4) is 0 Å². The molecule has 0 unspecified atom stereocenters. The highest BCUT2D eigenvalue weighted by atomic mass is 14.9. The van der Waals surface area contributed by atoms with Crippen LogP contribution in [0, 0.1) is 5.41 Å². The van der Waals surface area contributed by atoms with Gasteiger partial charge in [0, 0.05) is 6.21 Å². The van der Waals surface area contributed by atoms with Crippen LogP contribution in [0.3, 0.4) is 0 Å². The van der Waals surface area contributed by atoms with Crippen LogP contribution >= 0.6 is 0 Å². The van der Waals surface area contributed by atoms with Gasteiger partial charge < -0.3 is 5.73 Å². The quantitative estimate of drug-likeness (QED) is 0.622. The van der Waals surface area contributed by atoms with E-state index >= 15 is 0 Å². The van der Waals surface area contributed by atoms with Crippen molar-refractivity contribution in [2.45, 2.75) is 34.1 Å². The third kappa shape index (κ3) is 4.59. The van der Waals surface area contributed by atoms with E-state index in [1.54, 1.807) is 6.08 Å². The first-order chi connectivity index (χ1) is 5.02. The maximum Gasteiger partial charge on any atom is 0.118 e. The van der Waals surface area contributed by atoms with E-state index in [4.69, 9.17) is 5.73 Å². The third-order valence-electron chi connectivity index (χ3n) is 1.77. The summed E-state index contributed by atoms with van der Waals surface area (Å²) in [5.74, 6) is 0.589. The topological polar surface area (TPSA) is 38.4 Å². The molecule has 0 radical (unpaired) electrons. The van der Waals surface area contributed by atoms with Gasteiger partial charge >= 0.3 is 0 Å². The Balaban J connectivity index is 4.12. The second-order valence-electron chi connectivity index (χ2n) is 3.31. The molecule has 0 heterocycles. The molecule has 0 rings (SSSR count). The maximum atomic E-state index is 5.50. The van der Waals surface area contributed by atoms with Crippen LogP contribution in [0.4, 0.5) is 0 Å². The highest BCUT2D eigenvalue weighted by Crippen LogP contribution is 2.16. The van der Waals surface area contributed by atoms with Crippen LogP contribution in [0.5, 0.6) is 0 Å². The Bertz CT molecular complexity index is 166. The van der Waals surface area contributed by atoms with Crippen molar-refractivity contribution in [2.75, 3.05) is 0 Å². The molecule has 64 valence electrons. The van der Waals surface area contributed by atoms with Gasteiger partial charge in [-0.3, -0.25) is 0 Å². The molecule has 0 atom stereocenters. The standard InChI is InChI=1S/C9H18N2/c1-5-8(10)11-7-9(3,4)6-2/h5,7H,6,10H2,1-4H3/b8-5-,11-7?. The SMILES string of the molecule is C/C=C(/N)N=CC(C)(C)CC. The first-order valence-electron chi connectivity index (χ1n) is 3.99. The molecule has 0 aliphatic heterocycles. The Morgan fingerprint density at radius 3 is 2.45 bits per heavy atom. The number of nitrogens with two attached hydrogens (primary N) is 1. The van der Waals surface area contributed by atoms with Crippen molar-refractivity contribution < 1.29 is 0 Å². The molecule has 0 aliphatic rings. The average molecular weight is 154 g/mol. The molecule has 0 aromatic rings. The fraction of sp³-hybridized carbons (Fsp3) is 0.667. The Hall–Kier alpha value is -0.790. The molecule has 11 heavy (non-hydrogen) atoms. The number of hydrogen-bond donors (Lipinski definition) is 1. The van der Waals surface area contributed by atoms with E-state index in [9.17, 15) is 0 Å². The summed E-state index contributed by atoms with van der Waals surface area (Å²) >= 11 is 0. The molecule has 0 aromatic carbocycles. The Morgan fingerprint density at radius 2 is 2.09 bits per heavy atom. The number of aliphatic imine (C=N–C) groups is 1. The highest BCUT2D eigenvalue weighted by molar-refractivity contribution is 5.65. The Labute approximate surface area is 69.2 Å². The molecule has 2 heteroatoms. The van der Waals surface area contributed by atoms with Crippen LogP contribution in [-0.2, 0) is 0 Å². The van der Waals surface area contributed by atoms with E-state index in [2.05, 4.69) is 25.8 Å². The van der Waals surface area contributed by atoms with Gasteiger partial charge in [-0.25, -0.2) is 4.99 Å². The Morgan fingerprint density at radius 1 is 1.55 bits per heavy atom. The van der Waals surface area contributed by atoms with E-state index in [0.29, 0.717) is 5.82 Å². The van der Waals surface area contributed by atoms with E-state index in [1.807, 2.05) is 13.1 Å². The van der Waals surface area contributed by atoms with E-state index < -0.39 is 0 Å². The molecule has 2 nitrogen and oxygen atoms in total. The molecule has 0 saturated heterocycles. The van der Waals surface area contributed by atoms with Gasteiger partial charge in [-0.15, -0.1) is 0 Å². The lowest BCUT2D eigenvalue weighted by Crippen LogP contribution is -2.11. The predicted molar refractivity (Wildman–Crippen MR) is 50.5 cm³/mol. The van der Waals surface area contributed by atoms with Crippen LogP contribution < -0.4 is 5.73 Å². The fourth-order valence-electron chi connectivity index (χ4n) is 0.415. The molecule has 0 aromatic heterocycles. The van der Waals surface area contributed by atoms with Gasteiger partial charge in [-0.2, -0.15) is 0 Å². The number of hydrogen-bond acceptors (Lipinski definition) is 2. The number of rotatable bonds is 3. The summed E-state index contributed by atoms with van der Waals surface area (Å²) in [5.41, 5.74) is 5.66.